The van der Waals surface area contributed by atoms with Gasteiger partial charge in [0.1, 0.15) is 0 Å². The fourth-order valence-electron chi connectivity index (χ4n) is 1.74. The number of carbonyl (C=O) groups excluding carboxylic acids is 1. The van der Waals surface area contributed by atoms with E-state index in [-0.39, 0.29) is 0 Å². The summed E-state index contributed by atoms with van der Waals surface area (Å²) in [7, 11) is 0. The van der Waals surface area contributed by atoms with Gasteiger partial charge in [-0.25, -0.2) is 0 Å². The summed E-state index contributed by atoms with van der Waals surface area (Å²) in [6, 6.07) is 0. The average Bonchev–Trinajstić information content (AvgIpc) is 2.09. The first-order chi connectivity index (χ1) is 6.20. The van der Waals surface area contributed by atoms with E-state index < -0.39 is 14.3 Å². The van der Waals surface area contributed by atoms with Crippen molar-refractivity contribution in [2.75, 3.05) is 0 Å². The van der Waals surface area contributed by atoms with Crippen LogP contribution in [-0.4, -0.2) is 20.1 Å². The van der Waals surface area contributed by atoms with E-state index in [1.807, 2.05) is 0 Å². The molecule has 0 rings (SSSR count). The third kappa shape index (κ3) is 8.54. The molecule has 78 valence electrons. The van der Waals surface area contributed by atoms with Gasteiger partial charge in [-0.1, -0.05) is 0 Å². The van der Waals surface area contributed by atoms with Crippen LogP contribution in [0.25, 0.3) is 0 Å². The summed E-state index contributed by atoms with van der Waals surface area (Å²) >= 11 is -1.15. The van der Waals surface area contributed by atoms with Gasteiger partial charge < -0.3 is 0 Å². The molecule has 0 fully saturated rings. The SMILES string of the molecule is CCC[CH2][GeH]([CH2]CCC)[CH2]C(C)=O. The Kier molecular flexibility index (Phi) is 8.94. The van der Waals surface area contributed by atoms with Gasteiger partial charge in [-0.15, -0.1) is 0 Å². The van der Waals surface area contributed by atoms with Crippen molar-refractivity contribution in [3.05, 3.63) is 0 Å². The van der Waals surface area contributed by atoms with Gasteiger partial charge >= 0.3 is 87.1 Å². The van der Waals surface area contributed by atoms with Crippen molar-refractivity contribution in [3.63, 3.8) is 0 Å². The van der Waals surface area contributed by atoms with Crippen LogP contribution in [0.15, 0.2) is 0 Å². The summed E-state index contributed by atoms with van der Waals surface area (Å²) in [5, 5.41) is 3.86. The Balaban J connectivity index is 3.66. The van der Waals surface area contributed by atoms with Crippen molar-refractivity contribution >= 4 is 20.1 Å². The van der Waals surface area contributed by atoms with Gasteiger partial charge in [0, 0.05) is 0 Å². The number of hydrogen-bond acceptors (Lipinski definition) is 1. The number of rotatable bonds is 8. The van der Waals surface area contributed by atoms with Gasteiger partial charge in [0.2, 0.25) is 0 Å². The molecule has 13 heavy (non-hydrogen) atoms. The van der Waals surface area contributed by atoms with Crippen molar-refractivity contribution in [1.82, 2.24) is 0 Å². The molecule has 0 unspecified atom stereocenters. The van der Waals surface area contributed by atoms with Crippen LogP contribution >= 0.6 is 0 Å². The van der Waals surface area contributed by atoms with Gasteiger partial charge in [-0.05, 0) is 0 Å². The predicted molar refractivity (Wildman–Crippen MR) is 62.1 cm³/mol. The molecule has 0 aliphatic rings. The molecule has 2 heteroatoms. The molecule has 0 aliphatic carbocycles. The van der Waals surface area contributed by atoms with Crippen LogP contribution in [0.1, 0.15) is 46.5 Å². The van der Waals surface area contributed by atoms with Crippen LogP contribution in [0.2, 0.25) is 15.8 Å². The zero-order chi connectivity index (χ0) is 10.1. The number of carbonyl (C=O) groups is 1. The summed E-state index contributed by atoms with van der Waals surface area (Å²) in [6.07, 6.45) is 5.32. The molecule has 0 radical (unpaired) electrons. The number of hydrogen-bond donors (Lipinski definition) is 0. The first-order valence-electron chi connectivity index (χ1n) is 5.70. The second-order valence-electron chi connectivity index (χ2n) is 4.06. The zero-order valence-electron chi connectivity index (χ0n) is 9.44. The van der Waals surface area contributed by atoms with Crippen molar-refractivity contribution in [2.24, 2.45) is 0 Å². The molecule has 0 aromatic rings. The van der Waals surface area contributed by atoms with Crippen LogP contribution in [0.3, 0.4) is 0 Å². The summed E-state index contributed by atoms with van der Waals surface area (Å²) in [6.45, 7) is 6.25. The Morgan fingerprint density at radius 1 is 1.08 bits per heavy atom. The maximum atomic E-state index is 11.0. The maximum absolute atomic E-state index is 11.0. The first kappa shape index (κ1) is 13.2. The molecule has 0 amide bonds. The Morgan fingerprint density at radius 3 is 1.85 bits per heavy atom. The third-order valence-corrected chi connectivity index (χ3v) is 10.1. The minimum absolute atomic E-state index is 0.442. The van der Waals surface area contributed by atoms with Crippen LogP contribution in [0.4, 0.5) is 0 Å². The van der Waals surface area contributed by atoms with E-state index in [1.54, 1.807) is 6.92 Å². The summed E-state index contributed by atoms with van der Waals surface area (Å²) in [5.74, 6) is 0.442. The monoisotopic (exact) mass is 246 g/mol. The fourth-order valence-corrected chi connectivity index (χ4v) is 9.04. The molecule has 0 heterocycles. The molecule has 0 aliphatic heterocycles. The van der Waals surface area contributed by atoms with Crippen molar-refractivity contribution in [2.45, 2.75) is 62.2 Å². The topological polar surface area (TPSA) is 17.1 Å². The van der Waals surface area contributed by atoms with E-state index >= 15 is 0 Å². The molecule has 0 aromatic heterocycles. The second kappa shape index (κ2) is 8.80. The second-order valence-corrected chi connectivity index (χ2v) is 11.0. The molecule has 0 N–H and O–H groups in total. The molecule has 0 spiro atoms. The van der Waals surface area contributed by atoms with Crippen molar-refractivity contribution in [1.29, 1.82) is 0 Å². The standard InChI is InChI=1S/C11H24GeO/c1-4-6-8-12(9-7-5-2)10-11(3)13/h12H,4-10H2,1-3H3. The van der Waals surface area contributed by atoms with Crippen molar-refractivity contribution in [3.8, 4) is 0 Å². The molecular weight excluding hydrogens is 221 g/mol. The summed E-state index contributed by atoms with van der Waals surface area (Å²) in [5.41, 5.74) is 0. The van der Waals surface area contributed by atoms with Crippen LogP contribution < -0.4 is 0 Å². The number of unbranched alkanes of at least 4 members (excludes halogenated alkanes) is 2. The number of Topliss-reactive ketones (excluding diaryl/α,β-unsaturated/α-hetero) is 1. The van der Waals surface area contributed by atoms with Gasteiger partial charge in [-0.3, -0.25) is 0 Å². The molecule has 1 nitrogen and oxygen atoms in total. The first-order valence-corrected chi connectivity index (χ1v) is 10.8. The quantitative estimate of drug-likeness (QED) is 0.599. The Morgan fingerprint density at radius 2 is 1.54 bits per heavy atom. The normalized spacial score (nSPS) is 10.8. The van der Waals surface area contributed by atoms with E-state index in [1.165, 1.54) is 36.2 Å². The molecule has 0 atom stereocenters. The number of ketones is 1. The van der Waals surface area contributed by atoms with Crippen LogP contribution in [-0.2, 0) is 4.79 Å². The Bertz CT molecular complexity index is 126. The Labute approximate surface area is 87.4 Å². The Hall–Kier alpha value is 0.213. The molecule has 0 saturated heterocycles. The molecule has 0 aromatic carbocycles. The van der Waals surface area contributed by atoms with E-state index in [9.17, 15) is 4.79 Å². The molecule has 0 saturated carbocycles. The van der Waals surface area contributed by atoms with Gasteiger partial charge in [0.05, 0.1) is 0 Å². The summed E-state index contributed by atoms with van der Waals surface area (Å²) in [4.78, 5) is 11.0. The van der Waals surface area contributed by atoms with Gasteiger partial charge in [0.15, 0.2) is 0 Å². The van der Waals surface area contributed by atoms with Gasteiger partial charge in [0.25, 0.3) is 0 Å². The molecular formula is C11H24GeO. The summed E-state index contributed by atoms with van der Waals surface area (Å²) < 4.78 is 0. The fraction of sp³-hybridized carbons (Fsp3) is 0.909. The van der Waals surface area contributed by atoms with Crippen LogP contribution in [0.5, 0.6) is 0 Å². The van der Waals surface area contributed by atoms with E-state index in [0.717, 1.165) is 5.25 Å². The van der Waals surface area contributed by atoms with E-state index in [4.69, 9.17) is 0 Å². The van der Waals surface area contributed by atoms with Crippen molar-refractivity contribution < 1.29 is 4.79 Å². The van der Waals surface area contributed by atoms with Gasteiger partial charge in [-0.2, -0.15) is 0 Å². The van der Waals surface area contributed by atoms with Crippen LogP contribution in [0, 0.1) is 0 Å². The third-order valence-electron chi connectivity index (χ3n) is 2.51. The minimum atomic E-state index is -1.15. The zero-order valence-corrected chi connectivity index (χ0v) is 11.9. The predicted octanol–water partition coefficient (Wildman–Crippen LogP) is 3.40. The van der Waals surface area contributed by atoms with E-state index in [2.05, 4.69) is 13.8 Å². The average molecular weight is 245 g/mol. The molecule has 0 bridgehead atoms. The van der Waals surface area contributed by atoms with E-state index in [0.29, 0.717) is 5.78 Å².